The lowest BCUT2D eigenvalue weighted by Gasteiger charge is -2.24. The van der Waals surface area contributed by atoms with E-state index >= 15 is 0 Å². The van der Waals surface area contributed by atoms with Gasteiger partial charge in [0.2, 0.25) is 0 Å². The maximum absolute atomic E-state index is 10.5. The summed E-state index contributed by atoms with van der Waals surface area (Å²) in [5.74, 6) is -1.03. The van der Waals surface area contributed by atoms with Gasteiger partial charge in [-0.2, -0.15) is 0 Å². The van der Waals surface area contributed by atoms with Crippen LogP contribution in [0.5, 0.6) is 0 Å². The Labute approximate surface area is 77.5 Å². The number of aliphatic carboxylic acids is 1. The summed E-state index contributed by atoms with van der Waals surface area (Å²) in [4.78, 5) is 10.5. The van der Waals surface area contributed by atoms with Gasteiger partial charge in [-0.05, 0) is 13.3 Å². The van der Waals surface area contributed by atoms with Crippen LogP contribution in [0.2, 0.25) is 0 Å². The smallest absolute Gasteiger partial charge is 0.330 e. The fourth-order valence-electron chi connectivity index (χ4n) is 0.988. The first kappa shape index (κ1) is 12.1. The van der Waals surface area contributed by atoms with Crippen LogP contribution in [-0.2, 0) is 4.79 Å². The van der Waals surface area contributed by atoms with E-state index in [-0.39, 0.29) is 18.8 Å². The van der Waals surface area contributed by atoms with E-state index in [1.807, 2.05) is 0 Å². The van der Waals surface area contributed by atoms with Crippen LogP contribution in [0.25, 0.3) is 0 Å². The molecule has 0 radical (unpaired) electrons. The fraction of sp³-hybridized carbons (Fsp3) is 0.667. The first-order chi connectivity index (χ1) is 6.01. The Morgan fingerprint density at radius 1 is 1.38 bits per heavy atom. The molecule has 0 aromatic heterocycles. The van der Waals surface area contributed by atoms with Crippen molar-refractivity contribution in [3.63, 3.8) is 0 Å². The van der Waals surface area contributed by atoms with Gasteiger partial charge in [-0.3, -0.25) is 0 Å². The van der Waals surface area contributed by atoms with E-state index in [0.717, 1.165) is 0 Å². The topological polar surface area (TPSA) is 77.8 Å². The number of rotatable bonds is 5. The molecule has 0 saturated carbocycles. The molecule has 13 heavy (non-hydrogen) atoms. The van der Waals surface area contributed by atoms with E-state index < -0.39 is 11.4 Å². The highest BCUT2D eigenvalue weighted by Crippen LogP contribution is 2.23. The van der Waals surface area contributed by atoms with Crippen LogP contribution in [0.4, 0.5) is 0 Å². The van der Waals surface area contributed by atoms with E-state index in [1.165, 1.54) is 13.0 Å². The molecule has 0 aliphatic carbocycles. The summed E-state index contributed by atoms with van der Waals surface area (Å²) in [5.41, 5.74) is -0.660. The molecule has 0 aromatic carbocycles. The molecule has 0 bridgehead atoms. The Morgan fingerprint density at radius 3 is 2.08 bits per heavy atom. The zero-order chi connectivity index (χ0) is 10.5. The zero-order valence-electron chi connectivity index (χ0n) is 7.95. The third-order valence-corrected chi connectivity index (χ3v) is 2.19. The average molecular weight is 188 g/mol. The maximum Gasteiger partial charge on any atom is 0.330 e. The van der Waals surface area contributed by atoms with Crippen molar-refractivity contribution in [1.82, 2.24) is 0 Å². The van der Waals surface area contributed by atoms with Gasteiger partial charge in [0.1, 0.15) is 0 Å². The number of aliphatic hydroxyl groups excluding tert-OH is 2. The normalized spacial score (nSPS) is 13.1. The molecule has 0 aliphatic heterocycles. The predicted molar refractivity (Wildman–Crippen MR) is 48.3 cm³/mol. The van der Waals surface area contributed by atoms with E-state index in [9.17, 15) is 4.79 Å². The summed E-state index contributed by atoms with van der Waals surface area (Å²) in [5, 5.41) is 26.6. The molecule has 0 aliphatic rings. The monoisotopic (exact) mass is 188 g/mol. The third kappa shape index (κ3) is 3.16. The summed E-state index contributed by atoms with van der Waals surface area (Å²) in [6.45, 7) is 2.74. The Kier molecular flexibility index (Phi) is 4.66. The molecule has 0 aromatic rings. The molecule has 76 valence electrons. The largest absolute Gasteiger partial charge is 0.478 e. The van der Waals surface area contributed by atoms with Crippen molar-refractivity contribution < 1.29 is 20.1 Å². The predicted octanol–water partition coefficient (Wildman–Crippen LogP) is 0.398. The van der Waals surface area contributed by atoms with Crippen LogP contribution in [0.15, 0.2) is 11.6 Å². The fourth-order valence-corrected chi connectivity index (χ4v) is 0.988. The Morgan fingerprint density at radius 2 is 1.85 bits per heavy atom. The first-order valence-corrected chi connectivity index (χ1v) is 4.16. The van der Waals surface area contributed by atoms with Gasteiger partial charge in [0.15, 0.2) is 0 Å². The van der Waals surface area contributed by atoms with Crippen LogP contribution in [0, 0.1) is 5.41 Å². The second kappa shape index (κ2) is 4.99. The van der Waals surface area contributed by atoms with Gasteiger partial charge >= 0.3 is 5.97 Å². The Bertz CT molecular complexity index is 195. The lowest BCUT2D eigenvalue weighted by molar-refractivity contribution is -0.132. The van der Waals surface area contributed by atoms with E-state index in [2.05, 4.69) is 0 Å². The lowest BCUT2D eigenvalue weighted by Crippen LogP contribution is -2.27. The molecular formula is C9H16O4. The van der Waals surface area contributed by atoms with E-state index in [0.29, 0.717) is 6.42 Å². The first-order valence-electron chi connectivity index (χ1n) is 4.16. The van der Waals surface area contributed by atoms with Crippen LogP contribution >= 0.6 is 0 Å². The highest BCUT2D eigenvalue weighted by molar-refractivity contribution is 5.85. The Balaban J connectivity index is 4.76. The third-order valence-electron chi connectivity index (χ3n) is 2.19. The second-order valence-corrected chi connectivity index (χ2v) is 3.16. The minimum Gasteiger partial charge on any atom is -0.478 e. The molecule has 0 fully saturated rings. The van der Waals surface area contributed by atoms with Gasteiger partial charge in [0.05, 0.1) is 13.2 Å². The minimum absolute atomic E-state index is 0.143. The molecule has 0 spiro atoms. The van der Waals surface area contributed by atoms with Gasteiger partial charge in [-0.15, -0.1) is 0 Å². The lowest BCUT2D eigenvalue weighted by atomic mass is 9.85. The van der Waals surface area contributed by atoms with Crippen molar-refractivity contribution in [2.45, 2.75) is 20.3 Å². The molecule has 0 unspecified atom stereocenters. The summed E-state index contributed by atoms with van der Waals surface area (Å²) in [7, 11) is 0. The molecule has 0 heterocycles. The van der Waals surface area contributed by atoms with Crippen LogP contribution < -0.4 is 0 Å². The van der Waals surface area contributed by atoms with Gasteiger partial charge < -0.3 is 15.3 Å². The SMILES string of the molecule is CCC(C=C(C)C(=O)O)(CO)CO. The number of carboxylic acid groups (broad SMARTS) is 1. The molecule has 0 atom stereocenters. The van der Waals surface area contributed by atoms with Crippen LogP contribution in [-0.4, -0.2) is 34.5 Å². The van der Waals surface area contributed by atoms with Crippen molar-refractivity contribution in [2.24, 2.45) is 5.41 Å². The molecular weight excluding hydrogens is 172 g/mol. The van der Waals surface area contributed by atoms with Crippen molar-refractivity contribution in [2.75, 3.05) is 13.2 Å². The van der Waals surface area contributed by atoms with Gasteiger partial charge in [-0.25, -0.2) is 4.79 Å². The second-order valence-electron chi connectivity index (χ2n) is 3.16. The number of carboxylic acids is 1. The minimum atomic E-state index is -1.03. The number of aliphatic hydroxyl groups is 2. The van der Waals surface area contributed by atoms with Gasteiger partial charge in [0, 0.05) is 11.0 Å². The molecule has 0 saturated heterocycles. The highest BCUT2D eigenvalue weighted by atomic mass is 16.4. The van der Waals surface area contributed by atoms with Crippen molar-refractivity contribution >= 4 is 5.97 Å². The summed E-state index contributed by atoms with van der Waals surface area (Å²) in [6.07, 6.45) is 1.92. The molecule has 0 rings (SSSR count). The average Bonchev–Trinajstić information content (AvgIpc) is 2.14. The molecule has 0 amide bonds. The highest BCUT2D eigenvalue weighted by Gasteiger charge is 2.24. The quantitative estimate of drug-likeness (QED) is 0.546. The number of carbonyl (C=O) groups is 1. The van der Waals surface area contributed by atoms with E-state index in [4.69, 9.17) is 15.3 Å². The summed E-state index contributed by atoms with van der Waals surface area (Å²) >= 11 is 0. The van der Waals surface area contributed by atoms with E-state index in [1.54, 1.807) is 6.92 Å². The summed E-state index contributed by atoms with van der Waals surface area (Å²) < 4.78 is 0. The molecule has 4 heteroatoms. The standard InChI is InChI=1S/C9H16O4/c1-3-9(5-10,6-11)4-7(2)8(12)13/h4,10-11H,3,5-6H2,1-2H3,(H,12,13). The van der Waals surface area contributed by atoms with Crippen molar-refractivity contribution in [1.29, 1.82) is 0 Å². The number of hydrogen-bond acceptors (Lipinski definition) is 3. The molecule has 4 nitrogen and oxygen atoms in total. The maximum atomic E-state index is 10.5. The van der Waals surface area contributed by atoms with Crippen LogP contribution in [0.3, 0.4) is 0 Å². The van der Waals surface area contributed by atoms with Crippen molar-refractivity contribution in [3.8, 4) is 0 Å². The Hall–Kier alpha value is -0.870. The van der Waals surface area contributed by atoms with Crippen molar-refractivity contribution in [3.05, 3.63) is 11.6 Å². The van der Waals surface area contributed by atoms with Gasteiger partial charge in [-0.1, -0.05) is 13.0 Å². The van der Waals surface area contributed by atoms with Crippen LogP contribution in [0.1, 0.15) is 20.3 Å². The van der Waals surface area contributed by atoms with Gasteiger partial charge in [0.25, 0.3) is 0 Å². The number of hydrogen-bond donors (Lipinski definition) is 3. The summed E-state index contributed by atoms with van der Waals surface area (Å²) in [6, 6.07) is 0. The molecule has 3 N–H and O–H groups in total. The zero-order valence-corrected chi connectivity index (χ0v) is 7.95.